The first-order valence-electron chi connectivity index (χ1n) is 8.26. The number of primary amides is 1. The van der Waals surface area contributed by atoms with Gasteiger partial charge in [-0.2, -0.15) is 0 Å². The van der Waals surface area contributed by atoms with Gasteiger partial charge in [-0.3, -0.25) is 0 Å². The van der Waals surface area contributed by atoms with E-state index in [4.69, 9.17) is 24.7 Å². The van der Waals surface area contributed by atoms with Crippen LogP contribution in [-0.4, -0.2) is 49.3 Å². The zero-order chi connectivity index (χ0) is 16.8. The van der Waals surface area contributed by atoms with E-state index in [1.807, 2.05) is 0 Å². The number of rotatable bonds is 5. The lowest BCUT2D eigenvalue weighted by atomic mass is 9.68. The van der Waals surface area contributed by atoms with Gasteiger partial charge in [0.1, 0.15) is 23.4 Å². The second kappa shape index (κ2) is 5.76. The van der Waals surface area contributed by atoms with Crippen LogP contribution < -0.4 is 5.73 Å². The molecule has 1 aliphatic carbocycles. The molecule has 0 aromatic carbocycles. The SMILES string of the molecule is CO[C@@H]1[C@H](OC(N)=O)CC[C@]2(CO2)[C@H]1[C@@]1(C)OC1CC=C(C)C. The summed E-state index contributed by atoms with van der Waals surface area (Å²) in [6.07, 6.45) is 3.39. The molecule has 0 aromatic rings. The Kier molecular flexibility index (Phi) is 4.19. The van der Waals surface area contributed by atoms with Crippen LogP contribution in [0.2, 0.25) is 0 Å². The molecule has 0 bridgehead atoms. The summed E-state index contributed by atoms with van der Waals surface area (Å²) >= 11 is 0. The summed E-state index contributed by atoms with van der Waals surface area (Å²) in [5.41, 5.74) is 5.98. The van der Waals surface area contributed by atoms with E-state index in [-0.39, 0.29) is 35.4 Å². The third kappa shape index (κ3) is 2.99. The number of nitrogens with two attached hydrogens (primary N) is 1. The Labute approximate surface area is 137 Å². The van der Waals surface area contributed by atoms with Crippen LogP contribution in [0.4, 0.5) is 4.79 Å². The number of carbonyl (C=O) groups excluding carboxylic acids is 1. The molecule has 2 N–H and O–H groups in total. The van der Waals surface area contributed by atoms with Crippen molar-refractivity contribution >= 4 is 6.09 Å². The van der Waals surface area contributed by atoms with Crippen LogP contribution in [-0.2, 0) is 18.9 Å². The van der Waals surface area contributed by atoms with E-state index < -0.39 is 6.09 Å². The summed E-state index contributed by atoms with van der Waals surface area (Å²) in [7, 11) is 1.65. The Bertz CT molecular complexity index is 511. The number of allylic oxidation sites excluding steroid dienone is 1. The first-order chi connectivity index (χ1) is 10.8. The topological polar surface area (TPSA) is 86.6 Å². The average molecular weight is 325 g/mol. The number of amides is 1. The molecule has 23 heavy (non-hydrogen) atoms. The molecule has 3 fully saturated rings. The van der Waals surface area contributed by atoms with E-state index in [1.165, 1.54) is 5.57 Å². The largest absolute Gasteiger partial charge is 0.444 e. The second-order valence-electron chi connectivity index (χ2n) is 7.35. The minimum absolute atomic E-state index is 0.0358. The zero-order valence-corrected chi connectivity index (χ0v) is 14.3. The van der Waals surface area contributed by atoms with Crippen molar-refractivity contribution < 1.29 is 23.7 Å². The molecular weight excluding hydrogens is 298 g/mol. The van der Waals surface area contributed by atoms with Gasteiger partial charge in [0.2, 0.25) is 0 Å². The van der Waals surface area contributed by atoms with Gasteiger partial charge in [-0.15, -0.1) is 0 Å². The van der Waals surface area contributed by atoms with E-state index in [2.05, 4.69) is 26.8 Å². The Hall–Kier alpha value is -1.11. The fourth-order valence-corrected chi connectivity index (χ4v) is 4.22. The third-order valence-electron chi connectivity index (χ3n) is 5.50. The monoisotopic (exact) mass is 325 g/mol. The van der Waals surface area contributed by atoms with E-state index in [0.29, 0.717) is 6.42 Å². The van der Waals surface area contributed by atoms with Crippen LogP contribution >= 0.6 is 0 Å². The van der Waals surface area contributed by atoms with Crippen LogP contribution in [0.15, 0.2) is 11.6 Å². The molecule has 6 nitrogen and oxygen atoms in total. The molecule has 6 heteroatoms. The summed E-state index contributed by atoms with van der Waals surface area (Å²) in [5.74, 6) is 0.0358. The van der Waals surface area contributed by atoms with Crippen molar-refractivity contribution in [1.29, 1.82) is 0 Å². The lowest BCUT2D eigenvalue weighted by Crippen LogP contribution is -2.55. The van der Waals surface area contributed by atoms with Gasteiger partial charge in [-0.25, -0.2) is 4.79 Å². The Morgan fingerprint density at radius 2 is 2.13 bits per heavy atom. The fraction of sp³-hybridized carbons (Fsp3) is 0.824. The first kappa shape index (κ1) is 16.7. The fourth-order valence-electron chi connectivity index (χ4n) is 4.22. The molecule has 3 rings (SSSR count). The highest BCUT2D eigenvalue weighted by atomic mass is 16.6. The molecule has 130 valence electrons. The lowest BCUT2D eigenvalue weighted by Gasteiger charge is -2.42. The number of hydrogen-bond donors (Lipinski definition) is 1. The zero-order valence-electron chi connectivity index (χ0n) is 14.3. The van der Waals surface area contributed by atoms with Crippen molar-refractivity contribution in [3.05, 3.63) is 11.6 Å². The predicted octanol–water partition coefficient (Wildman–Crippen LogP) is 2.16. The second-order valence-corrected chi connectivity index (χ2v) is 7.35. The van der Waals surface area contributed by atoms with E-state index in [9.17, 15) is 4.79 Å². The summed E-state index contributed by atoms with van der Waals surface area (Å²) in [6, 6.07) is 0. The summed E-state index contributed by atoms with van der Waals surface area (Å²) in [6.45, 7) is 7.00. The molecule has 1 spiro atoms. The molecule has 3 aliphatic rings. The van der Waals surface area contributed by atoms with E-state index >= 15 is 0 Å². The van der Waals surface area contributed by atoms with Gasteiger partial charge in [-0.1, -0.05) is 11.6 Å². The van der Waals surface area contributed by atoms with E-state index in [1.54, 1.807) is 7.11 Å². The standard InChI is InChI=1S/C17H27NO5/c1-10(2)5-6-12-16(3,23-12)14-13(20-4)11(22-15(18)19)7-8-17(14)9-21-17/h5,11-14H,6-9H2,1-4H3,(H2,18,19)/t11-,12?,13-,14-,16+,17+/m1/s1. The molecule has 0 radical (unpaired) electrons. The van der Waals surface area contributed by atoms with Crippen molar-refractivity contribution in [2.24, 2.45) is 11.7 Å². The number of epoxide rings is 2. The van der Waals surface area contributed by atoms with Crippen molar-refractivity contribution in [2.45, 2.75) is 69.5 Å². The van der Waals surface area contributed by atoms with Crippen molar-refractivity contribution in [1.82, 2.24) is 0 Å². The molecular formula is C17H27NO5. The Morgan fingerprint density at radius 3 is 2.65 bits per heavy atom. The van der Waals surface area contributed by atoms with Gasteiger partial charge < -0.3 is 24.7 Å². The molecule has 2 heterocycles. The van der Waals surface area contributed by atoms with Crippen LogP contribution in [0, 0.1) is 5.92 Å². The minimum atomic E-state index is -0.758. The number of carbonyl (C=O) groups is 1. The maximum absolute atomic E-state index is 11.2. The smallest absolute Gasteiger partial charge is 0.404 e. The minimum Gasteiger partial charge on any atom is -0.444 e. The highest BCUT2D eigenvalue weighted by molar-refractivity contribution is 5.64. The average Bonchev–Trinajstić information content (AvgIpc) is 3.37. The molecule has 1 unspecified atom stereocenters. The maximum Gasteiger partial charge on any atom is 0.404 e. The Morgan fingerprint density at radius 1 is 1.43 bits per heavy atom. The highest BCUT2D eigenvalue weighted by Gasteiger charge is 2.72. The molecule has 2 aliphatic heterocycles. The van der Waals surface area contributed by atoms with Gasteiger partial charge in [-0.05, 0) is 40.0 Å². The summed E-state index contributed by atoms with van der Waals surface area (Å²) < 4.78 is 22.9. The molecule has 1 saturated carbocycles. The van der Waals surface area contributed by atoms with Gasteiger partial charge in [0.05, 0.1) is 18.6 Å². The van der Waals surface area contributed by atoms with E-state index in [0.717, 1.165) is 19.4 Å². The predicted molar refractivity (Wildman–Crippen MR) is 84.0 cm³/mol. The third-order valence-corrected chi connectivity index (χ3v) is 5.50. The van der Waals surface area contributed by atoms with Crippen LogP contribution in [0.1, 0.15) is 40.0 Å². The summed E-state index contributed by atoms with van der Waals surface area (Å²) in [4.78, 5) is 11.2. The normalized spacial score (nSPS) is 44.7. The first-order valence-corrected chi connectivity index (χ1v) is 8.26. The van der Waals surface area contributed by atoms with Gasteiger partial charge >= 0.3 is 6.09 Å². The number of ether oxygens (including phenoxy) is 4. The molecule has 0 aromatic heterocycles. The van der Waals surface area contributed by atoms with Crippen molar-refractivity contribution in [3.8, 4) is 0 Å². The summed E-state index contributed by atoms with van der Waals surface area (Å²) in [5, 5.41) is 0. The molecule has 6 atom stereocenters. The van der Waals surface area contributed by atoms with Gasteiger partial charge in [0, 0.05) is 7.11 Å². The van der Waals surface area contributed by atoms with Crippen molar-refractivity contribution in [2.75, 3.05) is 13.7 Å². The Balaban J connectivity index is 1.79. The molecule has 2 saturated heterocycles. The van der Waals surface area contributed by atoms with Gasteiger partial charge in [0.15, 0.2) is 0 Å². The van der Waals surface area contributed by atoms with Crippen LogP contribution in [0.3, 0.4) is 0 Å². The quantitative estimate of drug-likeness (QED) is 0.618. The van der Waals surface area contributed by atoms with Crippen molar-refractivity contribution in [3.63, 3.8) is 0 Å². The molecule has 1 amide bonds. The van der Waals surface area contributed by atoms with Crippen LogP contribution in [0.5, 0.6) is 0 Å². The maximum atomic E-state index is 11.2. The van der Waals surface area contributed by atoms with Crippen LogP contribution in [0.25, 0.3) is 0 Å². The number of methoxy groups -OCH3 is 1. The highest BCUT2D eigenvalue weighted by Crippen LogP contribution is 2.59. The lowest BCUT2D eigenvalue weighted by molar-refractivity contribution is -0.117. The number of hydrogen-bond acceptors (Lipinski definition) is 5. The van der Waals surface area contributed by atoms with Gasteiger partial charge in [0.25, 0.3) is 0 Å².